The summed E-state index contributed by atoms with van der Waals surface area (Å²) in [5.41, 5.74) is 3.55. The highest BCUT2D eigenvalue weighted by Crippen LogP contribution is 2.12. The fraction of sp³-hybridized carbons (Fsp3) is 0.176. The van der Waals surface area contributed by atoms with E-state index in [1.807, 2.05) is 43.3 Å². The van der Waals surface area contributed by atoms with Crippen molar-refractivity contribution in [3.63, 3.8) is 0 Å². The number of carbonyl (C=O) groups is 1. The number of nitrogens with zero attached hydrogens (tertiary/aromatic N) is 1. The van der Waals surface area contributed by atoms with Gasteiger partial charge in [-0.2, -0.15) is 5.26 Å². The summed E-state index contributed by atoms with van der Waals surface area (Å²) in [7, 11) is 0. The third-order valence-electron chi connectivity index (χ3n) is 3.12. The lowest BCUT2D eigenvalue weighted by Gasteiger charge is -2.09. The van der Waals surface area contributed by atoms with Gasteiger partial charge in [-0.3, -0.25) is 4.79 Å². The average molecular weight is 279 g/mol. The first-order valence-corrected chi connectivity index (χ1v) is 6.74. The second kappa shape index (κ2) is 7.22. The van der Waals surface area contributed by atoms with Gasteiger partial charge in [-0.25, -0.2) is 0 Å². The zero-order valence-electron chi connectivity index (χ0n) is 11.9. The number of benzene rings is 2. The molecule has 0 saturated carbocycles. The molecule has 1 amide bonds. The van der Waals surface area contributed by atoms with Crippen molar-refractivity contribution in [2.45, 2.75) is 13.5 Å². The lowest BCUT2D eigenvalue weighted by atomic mass is 10.1. The second-order valence-corrected chi connectivity index (χ2v) is 4.78. The van der Waals surface area contributed by atoms with Crippen molar-refractivity contribution in [1.29, 1.82) is 5.26 Å². The van der Waals surface area contributed by atoms with Crippen LogP contribution in [0.2, 0.25) is 0 Å². The van der Waals surface area contributed by atoms with Crippen LogP contribution in [-0.2, 0) is 11.3 Å². The third kappa shape index (κ3) is 4.44. The van der Waals surface area contributed by atoms with Gasteiger partial charge in [-0.1, -0.05) is 30.3 Å². The number of amides is 1. The molecule has 0 unspecified atom stereocenters. The Bertz CT molecular complexity index is 656. The van der Waals surface area contributed by atoms with E-state index in [4.69, 9.17) is 5.26 Å². The lowest BCUT2D eigenvalue weighted by Crippen LogP contribution is -2.27. The predicted molar refractivity (Wildman–Crippen MR) is 82.7 cm³/mol. The van der Waals surface area contributed by atoms with Gasteiger partial charge in [0.05, 0.1) is 18.2 Å². The van der Waals surface area contributed by atoms with Crippen LogP contribution in [0.4, 0.5) is 5.69 Å². The first-order valence-electron chi connectivity index (χ1n) is 6.74. The van der Waals surface area contributed by atoms with Crippen LogP contribution in [0.5, 0.6) is 0 Å². The topological polar surface area (TPSA) is 64.9 Å². The lowest BCUT2D eigenvalue weighted by molar-refractivity contribution is -0.115. The maximum Gasteiger partial charge on any atom is 0.238 e. The summed E-state index contributed by atoms with van der Waals surface area (Å²) < 4.78 is 0. The van der Waals surface area contributed by atoms with Crippen LogP contribution in [0.25, 0.3) is 0 Å². The van der Waals surface area contributed by atoms with E-state index in [9.17, 15) is 4.79 Å². The van der Waals surface area contributed by atoms with Gasteiger partial charge in [-0.05, 0) is 36.2 Å². The Labute approximate surface area is 124 Å². The fourth-order valence-corrected chi connectivity index (χ4v) is 1.93. The molecule has 4 heteroatoms. The number of aryl methyl sites for hydroxylation is 1. The maximum absolute atomic E-state index is 11.8. The van der Waals surface area contributed by atoms with E-state index in [1.54, 1.807) is 12.1 Å². The molecule has 21 heavy (non-hydrogen) atoms. The van der Waals surface area contributed by atoms with Crippen molar-refractivity contribution in [3.8, 4) is 6.07 Å². The Kier molecular flexibility index (Phi) is 5.08. The molecule has 2 rings (SSSR count). The van der Waals surface area contributed by atoms with Crippen molar-refractivity contribution >= 4 is 11.6 Å². The summed E-state index contributed by atoms with van der Waals surface area (Å²) in [6.07, 6.45) is 0. The highest BCUT2D eigenvalue weighted by Gasteiger charge is 2.03. The van der Waals surface area contributed by atoms with Crippen LogP contribution in [0.15, 0.2) is 48.5 Å². The molecule has 0 bridgehead atoms. The number of hydrogen-bond acceptors (Lipinski definition) is 3. The highest BCUT2D eigenvalue weighted by molar-refractivity contribution is 5.92. The molecule has 4 nitrogen and oxygen atoms in total. The van der Waals surface area contributed by atoms with E-state index < -0.39 is 0 Å². The number of carbonyl (C=O) groups excluding carboxylic acids is 1. The van der Waals surface area contributed by atoms with Crippen LogP contribution in [0.1, 0.15) is 16.7 Å². The van der Waals surface area contributed by atoms with Crippen LogP contribution in [0.3, 0.4) is 0 Å². The summed E-state index contributed by atoms with van der Waals surface area (Å²) in [5.74, 6) is -0.0713. The minimum Gasteiger partial charge on any atom is -0.325 e. The van der Waals surface area contributed by atoms with Crippen molar-refractivity contribution in [3.05, 3.63) is 65.2 Å². The van der Waals surface area contributed by atoms with Crippen LogP contribution < -0.4 is 10.6 Å². The third-order valence-corrected chi connectivity index (χ3v) is 3.12. The smallest absolute Gasteiger partial charge is 0.238 e. The molecule has 106 valence electrons. The first-order chi connectivity index (χ1) is 10.2. The van der Waals surface area contributed by atoms with Gasteiger partial charge in [0.1, 0.15) is 0 Å². The maximum atomic E-state index is 11.8. The Balaban J connectivity index is 1.79. The van der Waals surface area contributed by atoms with Crippen molar-refractivity contribution in [1.82, 2.24) is 5.32 Å². The monoisotopic (exact) mass is 279 g/mol. The number of anilines is 1. The van der Waals surface area contributed by atoms with E-state index in [1.165, 1.54) is 0 Å². The quantitative estimate of drug-likeness (QED) is 0.884. The molecule has 0 radical (unpaired) electrons. The van der Waals surface area contributed by atoms with Crippen molar-refractivity contribution in [2.24, 2.45) is 0 Å². The highest BCUT2D eigenvalue weighted by atomic mass is 16.1. The minimum atomic E-state index is -0.0713. The van der Waals surface area contributed by atoms with E-state index in [-0.39, 0.29) is 12.5 Å². The summed E-state index contributed by atoms with van der Waals surface area (Å²) in [6, 6.07) is 17.0. The molecule has 0 spiro atoms. The SMILES string of the molecule is Cc1ccccc1NC(=O)CNCc1ccc(C#N)cc1. The summed E-state index contributed by atoms with van der Waals surface area (Å²) in [6.45, 7) is 2.79. The molecule has 0 aromatic heterocycles. The largest absolute Gasteiger partial charge is 0.325 e. The minimum absolute atomic E-state index is 0.0713. The second-order valence-electron chi connectivity index (χ2n) is 4.78. The van der Waals surface area contributed by atoms with Crippen LogP contribution in [0, 0.1) is 18.3 Å². The Morgan fingerprint density at radius 3 is 2.52 bits per heavy atom. The molecular weight excluding hydrogens is 262 g/mol. The molecule has 2 aromatic carbocycles. The summed E-state index contributed by atoms with van der Waals surface area (Å²) in [4.78, 5) is 11.8. The number of rotatable bonds is 5. The number of hydrogen-bond donors (Lipinski definition) is 2. The van der Waals surface area contributed by atoms with Crippen LogP contribution in [-0.4, -0.2) is 12.5 Å². The fourth-order valence-electron chi connectivity index (χ4n) is 1.93. The van der Waals surface area contributed by atoms with Crippen molar-refractivity contribution < 1.29 is 4.79 Å². The standard InChI is InChI=1S/C17H17N3O/c1-13-4-2-3-5-16(13)20-17(21)12-19-11-15-8-6-14(10-18)7-9-15/h2-9,19H,11-12H2,1H3,(H,20,21). The van der Waals surface area contributed by atoms with Gasteiger partial charge in [0.2, 0.25) is 5.91 Å². The van der Waals surface area contributed by atoms with Crippen LogP contribution >= 0.6 is 0 Å². The van der Waals surface area contributed by atoms with E-state index in [0.29, 0.717) is 12.1 Å². The van der Waals surface area contributed by atoms with Crippen molar-refractivity contribution in [2.75, 3.05) is 11.9 Å². The molecule has 0 heterocycles. The molecular formula is C17H17N3O. The Morgan fingerprint density at radius 2 is 1.86 bits per heavy atom. The van der Waals surface area contributed by atoms with Gasteiger partial charge >= 0.3 is 0 Å². The molecule has 0 fully saturated rings. The van der Waals surface area contributed by atoms with Gasteiger partial charge in [0.15, 0.2) is 0 Å². The van der Waals surface area contributed by atoms with Gasteiger partial charge in [0.25, 0.3) is 0 Å². The molecule has 0 aliphatic heterocycles. The molecule has 0 atom stereocenters. The van der Waals surface area contributed by atoms with E-state index >= 15 is 0 Å². The van der Waals surface area contributed by atoms with Gasteiger partial charge < -0.3 is 10.6 Å². The van der Waals surface area contributed by atoms with E-state index in [2.05, 4.69) is 16.7 Å². The predicted octanol–water partition coefficient (Wildman–Crippen LogP) is 2.60. The molecule has 2 N–H and O–H groups in total. The van der Waals surface area contributed by atoms with Gasteiger partial charge in [0, 0.05) is 12.2 Å². The molecule has 0 aliphatic rings. The van der Waals surface area contributed by atoms with E-state index in [0.717, 1.165) is 16.8 Å². The summed E-state index contributed by atoms with van der Waals surface area (Å²) >= 11 is 0. The number of nitrogens with one attached hydrogen (secondary N) is 2. The van der Waals surface area contributed by atoms with Gasteiger partial charge in [-0.15, -0.1) is 0 Å². The zero-order valence-corrected chi connectivity index (χ0v) is 11.9. The normalized spacial score (nSPS) is 9.90. The summed E-state index contributed by atoms with van der Waals surface area (Å²) in [5, 5.41) is 14.7. The first kappa shape index (κ1) is 14.8. The number of para-hydroxylation sites is 1. The Morgan fingerprint density at radius 1 is 1.14 bits per heavy atom. The Hall–Kier alpha value is -2.64. The molecule has 0 saturated heterocycles. The average Bonchev–Trinajstić information content (AvgIpc) is 2.50. The molecule has 0 aliphatic carbocycles. The zero-order chi connectivity index (χ0) is 15.1. The molecule has 2 aromatic rings. The number of nitriles is 1.